The van der Waals surface area contributed by atoms with Crippen molar-refractivity contribution in [3.63, 3.8) is 0 Å². The highest BCUT2D eigenvalue weighted by atomic mass is 16.5. The molecule has 0 aromatic carbocycles. The predicted octanol–water partition coefficient (Wildman–Crippen LogP) is 1.87. The molecule has 0 spiro atoms. The van der Waals surface area contributed by atoms with Gasteiger partial charge in [0.15, 0.2) is 0 Å². The van der Waals surface area contributed by atoms with E-state index in [0.717, 1.165) is 51.9 Å². The monoisotopic (exact) mass is 345 g/mol. The fraction of sp³-hybridized carbons (Fsp3) is 0.632. The Hall–Kier alpha value is -1.95. The van der Waals surface area contributed by atoms with Gasteiger partial charge in [-0.25, -0.2) is 0 Å². The van der Waals surface area contributed by atoms with Crippen LogP contribution in [-0.4, -0.2) is 54.5 Å². The summed E-state index contributed by atoms with van der Waals surface area (Å²) >= 11 is 0. The third kappa shape index (κ3) is 5.01. The first-order chi connectivity index (χ1) is 12.2. The number of carbonyl (C=O) groups is 2. The van der Waals surface area contributed by atoms with Gasteiger partial charge in [-0.05, 0) is 50.2 Å². The molecule has 2 aliphatic heterocycles. The minimum atomic E-state index is 0.0244. The van der Waals surface area contributed by atoms with Crippen molar-refractivity contribution < 1.29 is 14.3 Å². The van der Waals surface area contributed by atoms with Gasteiger partial charge in [0.25, 0.3) is 5.91 Å². The third-order valence-electron chi connectivity index (χ3n) is 5.19. The number of ether oxygens (including phenoxy) is 1. The van der Waals surface area contributed by atoms with E-state index < -0.39 is 0 Å². The van der Waals surface area contributed by atoms with Crippen LogP contribution in [0.3, 0.4) is 0 Å². The molecular formula is C19H27N3O3. The molecule has 25 heavy (non-hydrogen) atoms. The van der Waals surface area contributed by atoms with E-state index in [1.807, 2.05) is 4.90 Å². The largest absolute Gasteiger partial charge is 0.381 e. The molecule has 2 aliphatic rings. The van der Waals surface area contributed by atoms with Crippen molar-refractivity contribution >= 4 is 11.8 Å². The average Bonchev–Trinajstić information content (AvgIpc) is 3.19. The second kappa shape index (κ2) is 8.94. The van der Waals surface area contributed by atoms with E-state index in [0.29, 0.717) is 24.6 Å². The number of hydrogen-bond donors (Lipinski definition) is 1. The summed E-state index contributed by atoms with van der Waals surface area (Å²) in [4.78, 5) is 30.5. The van der Waals surface area contributed by atoms with Gasteiger partial charge in [-0.3, -0.25) is 14.6 Å². The molecule has 136 valence electrons. The van der Waals surface area contributed by atoms with Gasteiger partial charge < -0.3 is 15.0 Å². The molecule has 0 radical (unpaired) electrons. The molecule has 0 aliphatic carbocycles. The van der Waals surface area contributed by atoms with Crippen molar-refractivity contribution in [1.82, 2.24) is 15.2 Å². The van der Waals surface area contributed by atoms with Crippen LogP contribution in [-0.2, 0) is 9.53 Å². The zero-order chi connectivity index (χ0) is 17.5. The van der Waals surface area contributed by atoms with Crippen LogP contribution in [0.4, 0.5) is 0 Å². The minimum absolute atomic E-state index is 0.0244. The fourth-order valence-electron chi connectivity index (χ4n) is 3.58. The molecule has 1 aromatic rings. The molecule has 0 bridgehead atoms. The smallest absolute Gasteiger partial charge is 0.253 e. The summed E-state index contributed by atoms with van der Waals surface area (Å²) in [6, 6.07) is 3.47. The van der Waals surface area contributed by atoms with Gasteiger partial charge in [-0.1, -0.05) is 0 Å². The van der Waals surface area contributed by atoms with E-state index >= 15 is 0 Å². The second-order valence-corrected chi connectivity index (χ2v) is 6.97. The maximum atomic E-state index is 12.4. The highest BCUT2D eigenvalue weighted by Crippen LogP contribution is 2.20. The van der Waals surface area contributed by atoms with Crippen LogP contribution in [0.2, 0.25) is 0 Å². The number of carbonyl (C=O) groups excluding carboxylic acids is 2. The Kier molecular flexibility index (Phi) is 6.39. The fourth-order valence-corrected chi connectivity index (χ4v) is 3.58. The standard InChI is InChI=1S/C19H27N3O3/c23-18(21-8-1-2-15-7-13-25-14-15)16-5-11-22(12-6-16)19(24)17-3-9-20-10-4-17/h3-4,9-10,15-16H,1-2,5-8,11-14H2,(H,21,23)/t15-/m0/s1. The van der Waals surface area contributed by atoms with E-state index in [9.17, 15) is 9.59 Å². The Morgan fingerprint density at radius 2 is 1.96 bits per heavy atom. The lowest BCUT2D eigenvalue weighted by Gasteiger charge is -2.31. The summed E-state index contributed by atoms with van der Waals surface area (Å²) in [6.07, 6.45) is 8.02. The lowest BCUT2D eigenvalue weighted by Crippen LogP contribution is -2.43. The van der Waals surface area contributed by atoms with E-state index in [-0.39, 0.29) is 17.7 Å². The molecule has 1 aromatic heterocycles. The van der Waals surface area contributed by atoms with Crippen molar-refractivity contribution in [2.45, 2.75) is 32.1 Å². The molecule has 6 nitrogen and oxygen atoms in total. The van der Waals surface area contributed by atoms with Crippen LogP contribution in [0.15, 0.2) is 24.5 Å². The maximum Gasteiger partial charge on any atom is 0.253 e. The first-order valence-electron chi connectivity index (χ1n) is 9.29. The predicted molar refractivity (Wildman–Crippen MR) is 94.0 cm³/mol. The van der Waals surface area contributed by atoms with E-state index in [1.54, 1.807) is 24.5 Å². The summed E-state index contributed by atoms with van der Waals surface area (Å²) in [6.45, 7) is 3.77. The van der Waals surface area contributed by atoms with Crippen molar-refractivity contribution in [3.05, 3.63) is 30.1 Å². The van der Waals surface area contributed by atoms with Gasteiger partial charge in [-0.15, -0.1) is 0 Å². The highest BCUT2D eigenvalue weighted by Gasteiger charge is 2.27. The first-order valence-corrected chi connectivity index (χ1v) is 9.29. The van der Waals surface area contributed by atoms with Crippen LogP contribution in [0.25, 0.3) is 0 Å². The first kappa shape index (κ1) is 17.9. The molecule has 0 saturated carbocycles. The van der Waals surface area contributed by atoms with Crippen molar-refractivity contribution in [2.24, 2.45) is 11.8 Å². The SMILES string of the molecule is O=C(NCCC[C@H]1CCOC1)C1CCN(C(=O)c2ccncc2)CC1. The number of nitrogens with one attached hydrogen (secondary N) is 1. The molecule has 6 heteroatoms. The minimum Gasteiger partial charge on any atom is -0.381 e. The number of piperidine rings is 1. The Morgan fingerprint density at radius 1 is 1.20 bits per heavy atom. The quantitative estimate of drug-likeness (QED) is 0.799. The van der Waals surface area contributed by atoms with Crippen LogP contribution < -0.4 is 5.32 Å². The van der Waals surface area contributed by atoms with Gasteiger partial charge in [0.2, 0.25) is 5.91 Å². The van der Waals surface area contributed by atoms with Crippen molar-refractivity contribution in [1.29, 1.82) is 0 Å². The second-order valence-electron chi connectivity index (χ2n) is 6.97. The number of amides is 2. The molecule has 1 atom stereocenters. The lowest BCUT2D eigenvalue weighted by molar-refractivity contribution is -0.126. The molecule has 3 heterocycles. The van der Waals surface area contributed by atoms with E-state index in [4.69, 9.17) is 4.74 Å². The summed E-state index contributed by atoms with van der Waals surface area (Å²) in [5, 5.41) is 3.06. The number of aromatic nitrogens is 1. The number of pyridine rings is 1. The summed E-state index contributed by atoms with van der Waals surface area (Å²) in [5.74, 6) is 0.856. The van der Waals surface area contributed by atoms with Crippen LogP contribution in [0.1, 0.15) is 42.5 Å². The molecule has 2 fully saturated rings. The maximum absolute atomic E-state index is 12.4. The van der Waals surface area contributed by atoms with E-state index in [2.05, 4.69) is 10.3 Å². The topological polar surface area (TPSA) is 71.5 Å². The van der Waals surface area contributed by atoms with Gasteiger partial charge in [0.05, 0.1) is 0 Å². The van der Waals surface area contributed by atoms with Gasteiger partial charge in [0, 0.05) is 56.7 Å². The molecule has 1 N–H and O–H groups in total. The van der Waals surface area contributed by atoms with Crippen LogP contribution in [0, 0.1) is 11.8 Å². The number of hydrogen-bond acceptors (Lipinski definition) is 4. The number of rotatable bonds is 6. The van der Waals surface area contributed by atoms with Crippen LogP contribution in [0.5, 0.6) is 0 Å². The van der Waals surface area contributed by atoms with Gasteiger partial charge in [0.1, 0.15) is 0 Å². The highest BCUT2D eigenvalue weighted by molar-refractivity contribution is 5.94. The summed E-state index contributed by atoms with van der Waals surface area (Å²) in [7, 11) is 0. The van der Waals surface area contributed by atoms with Gasteiger partial charge in [-0.2, -0.15) is 0 Å². The zero-order valence-electron chi connectivity index (χ0n) is 14.7. The van der Waals surface area contributed by atoms with Crippen LogP contribution >= 0.6 is 0 Å². The van der Waals surface area contributed by atoms with Crippen molar-refractivity contribution in [3.8, 4) is 0 Å². The average molecular weight is 345 g/mol. The van der Waals surface area contributed by atoms with E-state index in [1.165, 1.54) is 0 Å². The number of nitrogens with zero attached hydrogens (tertiary/aromatic N) is 2. The third-order valence-corrected chi connectivity index (χ3v) is 5.19. The molecule has 2 saturated heterocycles. The normalized spacial score (nSPS) is 21.3. The molecule has 0 unspecified atom stereocenters. The Labute approximate surface area is 148 Å². The lowest BCUT2D eigenvalue weighted by atomic mass is 9.95. The summed E-state index contributed by atoms with van der Waals surface area (Å²) < 4.78 is 5.37. The Balaban J connectivity index is 1.35. The van der Waals surface area contributed by atoms with Crippen molar-refractivity contribution in [2.75, 3.05) is 32.8 Å². The number of likely N-dealkylation sites (tertiary alicyclic amines) is 1. The zero-order valence-corrected chi connectivity index (χ0v) is 14.7. The Morgan fingerprint density at radius 3 is 2.64 bits per heavy atom. The molecule has 2 amide bonds. The summed E-state index contributed by atoms with van der Waals surface area (Å²) in [5.41, 5.74) is 0.661. The molecular weight excluding hydrogens is 318 g/mol. The Bertz CT molecular complexity index is 565. The van der Waals surface area contributed by atoms with Gasteiger partial charge >= 0.3 is 0 Å². The molecule has 3 rings (SSSR count).